The van der Waals surface area contributed by atoms with Gasteiger partial charge in [-0.3, -0.25) is 9.69 Å². The maximum absolute atomic E-state index is 12.9. The monoisotopic (exact) mass is 411 g/mol. The Labute approximate surface area is 178 Å². The molecule has 0 unspecified atom stereocenters. The van der Waals surface area contributed by atoms with E-state index >= 15 is 0 Å². The number of hydrogen-bond acceptors (Lipinski definition) is 6. The fourth-order valence-corrected chi connectivity index (χ4v) is 7.35. The van der Waals surface area contributed by atoms with Crippen LogP contribution in [-0.4, -0.2) is 65.9 Å². The lowest BCUT2D eigenvalue weighted by atomic mass is 9.53. The van der Waals surface area contributed by atoms with E-state index in [9.17, 15) is 4.79 Å². The number of carbonyl (C=O) groups is 1. The van der Waals surface area contributed by atoms with E-state index in [0.29, 0.717) is 5.92 Å². The number of hydrogen-bond donors (Lipinski definition) is 0. The van der Waals surface area contributed by atoms with Gasteiger partial charge in [-0.1, -0.05) is 13.0 Å². The van der Waals surface area contributed by atoms with Crippen molar-refractivity contribution in [2.24, 2.45) is 17.3 Å². The van der Waals surface area contributed by atoms with Gasteiger partial charge in [0.2, 0.25) is 0 Å². The zero-order valence-corrected chi connectivity index (χ0v) is 18.2. The van der Waals surface area contributed by atoms with Gasteiger partial charge in [-0.15, -0.1) is 0 Å². The molecule has 0 amide bonds. The SMILES string of the molecule is C[C@]12CCC[C@@]3(C)O[C@@]13C[C@H]1[C@@H](C2)OC(=O)[C@@H]1CN1CCN(c2ccccn2)CC1. The zero-order valence-electron chi connectivity index (χ0n) is 18.2. The number of rotatable bonds is 3. The lowest BCUT2D eigenvalue weighted by molar-refractivity contribution is -0.146. The van der Waals surface area contributed by atoms with Crippen molar-refractivity contribution in [1.29, 1.82) is 0 Å². The van der Waals surface area contributed by atoms with Gasteiger partial charge >= 0.3 is 5.97 Å². The Morgan fingerprint density at radius 1 is 1.13 bits per heavy atom. The van der Waals surface area contributed by atoms with E-state index in [1.165, 1.54) is 12.8 Å². The van der Waals surface area contributed by atoms with Crippen molar-refractivity contribution < 1.29 is 14.3 Å². The first-order chi connectivity index (χ1) is 14.4. The van der Waals surface area contributed by atoms with Crippen LogP contribution < -0.4 is 4.90 Å². The number of pyridine rings is 1. The molecule has 2 aliphatic carbocycles. The summed E-state index contributed by atoms with van der Waals surface area (Å²) >= 11 is 0. The summed E-state index contributed by atoms with van der Waals surface area (Å²) in [5.74, 6) is 1.37. The molecule has 3 saturated heterocycles. The van der Waals surface area contributed by atoms with Crippen molar-refractivity contribution in [3.8, 4) is 0 Å². The largest absolute Gasteiger partial charge is 0.462 e. The van der Waals surface area contributed by atoms with E-state index < -0.39 is 0 Å². The molecule has 5 fully saturated rings. The topological polar surface area (TPSA) is 58.2 Å². The molecule has 1 spiro atoms. The second-order valence-electron chi connectivity index (χ2n) is 10.7. The number of anilines is 1. The highest BCUT2D eigenvalue weighted by molar-refractivity contribution is 5.76. The average molecular weight is 412 g/mol. The fraction of sp³-hybridized carbons (Fsp3) is 0.750. The summed E-state index contributed by atoms with van der Waals surface area (Å²) < 4.78 is 12.5. The Bertz CT molecular complexity index is 841. The van der Waals surface area contributed by atoms with Gasteiger partial charge in [0.15, 0.2) is 0 Å². The number of nitrogens with zero attached hydrogens (tertiary/aromatic N) is 3. The third-order valence-electron chi connectivity index (χ3n) is 9.11. The van der Waals surface area contributed by atoms with Gasteiger partial charge in [0.05, 0.1) is 11.5 Å². The normalized spacial score (nSPS) is 45.3. The van der Waals surface area contributed by atoms with Gasteiger partial charge < -0.3 is 14.4 Å². The van der Waals surface area contributed by atoms with E-state index in [-0.39, 0.29) is 34.6 Å². The Hall–Kier alpha value is -1.66. The maximum atomic E-state index is 12.9. The standard InChI is InChI=1S/C24H33N3O3/c1-22-7-5-8-23(2)24(22,30-23)14-17-18(21(28)29-19(17)15-22)16-26-10-12-27(13-11-26)20-6-3-4-9-25-20/h3-4,6,9,17-19H,5,7-8,10-16H2,1-2H3/t17-,18-,19-,22-,23-,24+/m1/s1. The van der Waals surface area contributed by atoms with Crippen molar-refractivity contribution in [3.63, 3.8) is 0 Å². The lowest BCUT2D eigenvalue weighted by Gasteiger charge is -2.48. The summed E-state index contributed by atoms with van der Waals surface area (Å²) in [5.41, 5.74) is 0.156. The fourth-order valence-electron chi connectivity index (χ4n) is 7.35. The van der Waals surface area contributed by atoms with Crippen molar-refractivity contribution in [2.75, 3.05) is 37.6 Å². The van der Waals surface area contributed by atoms with E-state index in [1.807, 2.05) is 18.3 Å². The molecule has 162 valence electrons. The highest BCUT2D eigenvalue weighted by atomic mass is 16.6. The molecular formula is C24H33N3O3. The Balaban J connectivity index is 1.14. The third-order valence-corrected chi connectivity index (χ3v) is 9.11. The molecule has 0 N–H and O–H groups in total. The Morgan fingerprint density at radius 2 is 1.97 bits per heavy atom. The number of aromatic nitrogens is 1. The van der Waals surface area contributed by atoms with E-state index in [0.717, 1.165) is 57.8 Å². The van der Waals surface area contributed by atoms with Gasteiger partial charge in [0.1, 0.15) is 17.5 Å². The first-order valence-electron chi connectivity index (χ1n) is 11.7. The second kappa shape index (κ2) is 6.42. The molecule has 1 aromatic rings. The molecule has 6 nitrogen and oxygen atoms in total. The minimum Gasteiger partial charge on any atom is -0.462 e. The summed E-state index contributed by atoms with van der Waals surface area (Å²) in [6.45, 7) is 9.34. The van der Waals surface area contributed by atoms with Crippen LogP contribution in [0, 0.1) is 17.3 Å². The van der Waals surface area contributed by atoms with Gasteiger partial charge in [0, 0.05) is 50.3 Å². The Morgan fingerprint density at radius 3 is 2.73 bits per heavy atom. The molecule has 3 aliphatic heterocycles. The van der Waals surface area contributed by atoms with Crippen LogP contribution in [0.5, 0.6) is 0 Å². The van der Waals surface area contributed by atoms with Gasteiger partial charge in [-0.05, 0) is 51.2 Å². The average Bonchev–Trinajstić information content (AvgIpc) is 3.27. The zero-order chi connectivity index (χ0) is 20.6. The third kappa shape index (κ3) is 2.62. The molecule has 4 heterocycles. The van der Waals surface area contributed by atoms with Crippen LogP contribution in [0.3, 0.4) is 0 Å². The van der Waals surface area contributed by atoms with E-state index in [4.69, 9.17) is 9.47 Å². The van der Waals surface area contributed by atoms with Gasteiger partial charge in [-0.25, -0.2) is 4.98 Å². The molecule has 30 heavy (non-hydrogen) atoms. The molecule has 6 heteroatoms. The number of carbonyl (C=O) groups excluding carboxylic acids is 1. The Kier molecular flexibility index (Phi) is 4.08. The first-order valence-corrected chi connectivity index (χ1v) is 11.7. The van der Waals surface area contributed by atoms with Crippen LogP contribution in [0.2, 0.25) is 0 Å². The summed E-state index contributed by atoms with van der Waals surface area (Å²) in [4.78, 5) is 22.2. The van der Waals surface area contributed by atoms with E-state index in [2.05, 4.69) is 34.7 Å². The summed E-state index contributed by atoms with van der Waals surface area (Å²) in [6.07, 6.45) is 7.49. The van der Waals surface area contributed by atoms with Crippen molar-refractivity contribution in [3.05, 3.63) is 24.4 Å². The van der Waals surface area contributed by atoms with Crippen molar-refractivity contribution in [1.82, 2.24) is 9.88 Å². The molecule has 0 bridgehead atoms. The lowest BCUT2D eigenvalue weighted by Crippen LogP contribution is -2.54. The predicted octanol–water partition coefficient (Wildman–Crippen LogP) is 2.87. The second-order valence-corrected chi connectivity index (χ2v) is 10.7. The molecule has 1 aromatic heterocycles. The number of ether oxygens (including phenoxy) is 2. The number of fused-ring (bicyclic) bond motifs is 1. The molecule has 6 atom stereocenters. The van der Waals surface area contributed by atoms with Crippen LogP contribution >= 0.6 is 0 Å². The number of esters is 1. The minimum atomic E-state index is -0.0245. The first kappa shape index (κ1) is 19.1. The quantitative estimate of drug-likeness (QED) is 0.563. The molecular weight excluding hydrogens is 378 g/mol. The maximum Gasteiger partial charge on any atom is 0.310 e. The predicted molar refractivity (Wildman–Crippen MR) is 113 cm³/mol. The van der Waals surface area contributed by atoms with Crippen molar-refractivity contribution >= 4 is 11.8 Å². The summed E-state index contributed by atoms with van der Waals surface area (Å²) in [5, 5.41) is 0. The number of piperazine rings is 1. The highest BCUT2D eigenvalue weighted by Crippen LogP contribution is 2.72. The van der Waals surface area contributed by atoms with Crippen LogP contribution in [0.4, 0.5) is 5.82 Å². The van der Waals surface area contributed by atoms with Gasteiger partial charge in [0.25, 0.3) is 0 Å². The van der Waals surface area contributed by atoms with Crippen LogP contribution in [-0.2, 0) is 14.3 Å². The van der Waals surface area contributed by atoms with Crippen LogP contribution in [0.1, 0.15) is 46.0 Å². The van der Waals surface area contributed by atoms with Crippen LogP contribution in [0.25, 0.3) is 0 Å². The summed E-state index contributed by atoms with van der Waals surface area (Å²) in [6, 6.07) is 6.07. The summed E-state index contributed by atoms with van der Waals surface area (Å²) in [7, 11) is 0. The highest BCUT2D eigenvalue weighted by Gasteiger charge is 2.79. The molecule has 5 aliphatic rings. The van der Waals surface area contributed by atoms with Gasteiger partial charge in [-0.2, -0.15) is 0 Å². The molecule has 6 rings (SSSR count). The molecule has 0 radical (unpaired) electrons. The molecule has 2 saturated carbocycles. The van der Waals surface area contributed by atoms with E-state index in [1.54, 1.807) is 0 Å². The number of epoxide rings is 1. The molecule has 0 aromatic carbocycles. The van der Waals surface area contributed by atoms with Crippen LogP contribution in [0.15, 0.2) is 24.4 Å². The minimum absolute atomic E-state index is 0.00861. The smallest absolute Gasteiger partial charge is 0.310 e. The van der Waals surface area contributed by atoms with Crippen molar-refractivity contribution in [2.45, 2.75) is 63.3 Å².